The van der Waals surface area contributed by atoms with Crippen molar-refractivity contribution in [2.75, 3.05) is 6.54 Å². The quantitative estimate of drug-likeness (QED) is 0.264. The predicted molar refractivity (Wildman–Crippen MR) is 154 cm³/mol. The second kappa shape index (κ2) is 14.0. The van der Waals surface area contributed by atoms with Gasteiger partial charge in [0.15, 0.2) is 12.8 Å². The molecule has 0 aliphatic rings. The van der Waals surface area contributed by atoms with Gasteiger partial charge in [0.25, 0.3) is 11.8 Å². The zero-order valence-corrected chi connectivity index (χ0v) is 24.0. The van der Waals surface area contributed by atoms with Crippen molar-refractivity contribution in [1.82, 2.24) is 13.8 Å². The van der Waals surface area contributed by atoms with Crippen LogP contribution >= 0.6 is 34.7 Å². The lowest BCUT2D eigenvalue weighted by Gasteiger charge is -2.10. The number of nitrogens with one attached hydrogen (secondary N) is 1. The smallest absolute Gasteiger partial charge is 0.342 e. The van der Waals surface area contributed by atoms with Crippen molar-refractivity contribution in [3.05, 3.63) is 121 Å². The average Bonchev–Trinajstić information content (AvgIpc) is 3.25. The lowest BCUT2D eigenvalue weighted by molar-refractivity contribution is -0.403. The maximum Gasteiger partial charge on any atom is 0.342 e. The molecule has 2 amide bonds. The van der Waals surface area contributed by atoms with Crippen LogP contribution in [0.4, 0.5) is 0 Å². The number of esters is 1. The minimum atomic E-state index is -0.775. The molecule has 4 rings (SSSR count). The van der Waals surface area contributed by atoms with Crippen LogP contribution in [0.25, 0.3) is 0 Å². The Morgan fingerprint density at radius 3 is 2.22 bits per heavy atom. The van der Waals surface area contributed by atoms with E-state index < -0.39 is 42.8 Å². The normalized spacial score (nSPS) is 12.1. The maximum absolute atomic E-state index is 13.2. The molecule has 0 spiro atoms. The number of halogens is 2. The molecule has 0 fully saturated rings. The van der Waals surface area contributed by atoms with E-state index in [9.17, 15) is 19.2 Å². The zero-order chi connectivity index (χ0) is 29.4. The van der Waals surface area contributed by atoms with Crippen molar-refractivity contribution >= 4 is 52.5 Å². The number of hydrogen-bond donors (Lipinski definition) is 2. The van der Waals surface area contributed by atoms with Gasteiger partial charge in [-0.2, -0.15) is 4.99 Å². The first-order valence-electron chi connectivity index (χ1n) is 12.4. The Morgan fingerprint density at radius 1 is 0.927 bits per heavy atom. The lowest BCUT2D eigenvalue weighted by atomic mass is 10.1. The third kappa shape index (κ3) is 8.48. The zero-order valence-electron chi connectivity index (χ0n) is 21.7. The molecule has 4 N–H and O–H groups in total. The van der Waals surface area contributed by atoms with E-state index in [0.717, 1.165) is 27.2 Å². The van der Waals surface area contributed by atoms with Crippen LogP contribution in [0.15, 0.2) is 88.6 Å². The third-order valence-corrected chi connectivity index (χ3v) is 7.34. The van der Waals surface area contributed by atoms with Crippen LogP contribution in [0, 0.1) is 0 Å². The summed E-state index contributed by atoms with van der Waals surface area (Å²) in [6.45, 7) is -0.747. The molecule has 4 aromatic rings. The molecule has 0 bridgehead atoms. The molecule has 3 aromatic carbocycles. The van der Waals surface area contributed by atoms with E-state index in [2.05, 4.69) is 16.0 Å². The monoisotopic (exact) mass is 614 g/mol. The third-order valence-electron chi connectivity index (χ3n) is 5.85. The molecule has 1 aromatic heterocycles. The molecule has 0 aliphatic heterocycles. The Morgan fingerprint density at radius 2 is 1.56 bits per heavy atom. The van der Waals surface area contributed by atoms with Gasteiger partial charge in [0.1, 0.15) is 6.54 Å². The van der Waals surface area contributed by atoms with Crippen LogP contribution in [0.2, 0.25) is 10.0 Å². The molecule has 0 saturated carbocycles. The number of quaternary nitrogens is 1. The van der Waals surface area contributed by atoms with Crippen LogP contribution in [0.3, 0.4) is 0 Å². The van der Waals surface area contributed by atoms with Crippen molar-refractivity contribution in [1.29, 1.82) is 0 Å². The van der Waals surface area contributed by atoms with Crippen molar-refractivity contribution in [3.63, 3.8) is 0 Å². The molecule has 0 radical (unpaired) electrons. The van der Waals surface area contributed by atoms with Gasteiger partial charge in [-0.1, -0.05) is 65.7 Å². The summed E-state index contributed by atoms with van der Waals surface area (Å²) in [5.41, 5.74) is 5.32. The minimum Gasteiger partial charge on any atom is -0.442 e. The molecule has 0 unspecified atom stereocenters. The Hall–Kier alpha value is -4.03. The molecular formula is C28H26Cl2N5O5S+. The van der Waals surface area contributed by atoms with Gasteiger partial charge < -0.3 is 15.8 Å². The number of aromatic nitrogens is 2. The van der Waals surface area contributed by atoms with Crippen molar-refractivity contribution in [2.45, 2.75) is 25.7 Å². The van der Waals surface area contributed by atoms with Gasteiger partial charge in [-0.25, -0.2) is 13.3 Å². The van der Waals surface area contributed by atoms with E-state index >= 15 is 0 Å². The SMILES string of the molecule is [NH3+][C@@H](Cc1ccccc1)C(=O)NCC(=O)OCn1c(=NC(=O)c2ccc(Cl)cc2)sn(Cc2ccc(Cl)cc2)c1=O. The highest BCUT2D eigenvalue weighted by molar-refractivity contribution is 7.03. The number of carbonyl (C=O) groups is 3. The van der Waals surface area contributed by atoms with Gasteiger partial charge in [0.05, 0.1) is 6.54 Å². The highest BCUT2D eigenvalue weighted by Gasteiger charge is 2.19. The molecule has 41 heavy (non-hydrogen) atoms. The number of benzene rings is 3. The molecule has 0 aliphatic carbocycles. The number of nitrogens with zero attached hydrogens (tertiary/aromatic N) is 3. The van der Waals surface area contributed by atoms with Gasteiger partial charge in [-0.3, -0.25) is 14.4 Å². The minimum absolute atomic E-state index is 0.0291. The highest BCUT2D eigenvalue weighted by Crippen LogP contribution is 2.12. The summed E-state index contributed by atoms with van der Waals surface area (Å²) in [7, 11) is 0. The number of amides is 2. The van der Waals surface area contributed by atoms with Gasteiger partial charge in [-0.15, -0.1) is 0 Å². The fourth-order valence-electron chi connectivity index (χ4n) is 3.68. The van der Waals surface area contributed by atoms with E-state index in [-0.39, 0.29) is 16.9 Å². The number of hydrogen-bond acceptors (Lipinski definition) is 6. The largest absolute Gasteiger partial charge is 0.442 e. The molecule has 212 valence electrons. The lowest BCUT2D eigenvalue weighted by Crippen LogP contribution is -2.68. The van der Waals surface area contributed by atoms with E-state index in [1.165, 1.54) is 16.1 Å². The average molecular weight is 616 g/mol. The second-order valence-corrected chi connectivity index (χ2v) is 10.8. The summed E-state index contributed by atoms with van der Waals surface area (Å²) in [6.07, 6.45) is 0.409. The molecule has 10 nitrogen and oxygen atoms in total. The summed E-state index contributed by atoms with van der Waals surface area (Å²) in [5.74, 6) is -1.79. The Labute approximate surface area is 248 Å². The first-order valence-corrected chi connectivity index (χ1v) is 13.9. The molecule has 1 heterocycles. The standard InChI is InChI=1S/C28H25Cl2N5O5S/c29-21-10-6-19(7-11-21)16-35-28(39)34(27(41-35)33-25(37)20-8-12-22(30)13-9-20)17-40-24(36)15-32-26(38)23(31)14-18-4-2-1-3-5-18/h1-13,23H,14-17,31H2,(H,32,38)/p+1/t23-/m0/s1. The van der Waals surface area contributed by atoms with Crippen LogP contribution in [0.1, 0.15) is 21.5 Å². The second-order valence-electron chi connectivity index (χ2n) is 8.92. The van der Waals surface area contributed by atoms with E-state index in [4.69, 9.17) is 27.9 Å². The van der Waals surface area contributed by atoms with Gasteiger partial charge in [0, 0.05) is 22.0 Å². The Kier molecular flexibility index (Phi) is 10.3. The summed E-state index contributed by atoms with van der Waals surface area (Å²) in [4.78, 5) is 55.0. The molecular weight excluding hydrogens is 589 g/mol. The fraction of sp³-hybridized carbons (Fsp3) is 0.179. The Bertz CT molecular complexity index is 1650. The predicted octanol–water partition coefficient (Wildman–Crippen LogP) is 2.28. The first kappa shape index (κ1) is 29.9. The van der Waals surface area contributed by atoms with Gasteiger partial charge in [-0.05, 0) is 59.1 Å². The number of ether oxygens (including phenoxy) is 1. The van der Waals surface area contributed by atoms with Crippen molar-refractivity contribution in [2.24, 2.45) is 4.99 Å². The van der Waals surface area contributed by atoms with E-state index in [1.54, 1.807) is 36.4 Å². The van der Waals surface area contributed by atoms with Gasteiger partial charge in [0.2, 0.25) is 4.80 Å². The topological polar surface area (TPSA) is 139 Å². The summed E-state index contributed by atoms with van der Waals surface area (Å²) < 4.78 is 7.71. The van der Waals surface area contributed by atoms with E-state index in [1.807, 2.05) is 30.3 Å². The summed E-state index contributed by atoms with van der Waals surface area (Å²) in [5, 5.41) is 3.51. The van der Waals surface area contributed by atoms with Crippen molar-refractivity contribution < 1.29 is 24.9 Å². The first-order chi connectivity index (χ1) is 19.7. The van der Waals surface area contributed by atoms with Gasteiger partial charge >= 0.3 is 11.7 Å². The maximum atomic E-state index is 13.2. The Balaban J connectivity index is 1.47. The fourth-order valence-corrected chi connectivity index (χ4v) is 4.87. The molecule has 1 atom stereocenters. The van der Waals surface area contributed by atoms with Crippen molar-refractivity contribution in [3.8, 4) is 0 Å². The van der Waals surface area contributed by atoms with Crippen LogP contribution in [-0.2, 0) is 34.0 Å². The van der Waals surface area contributed by atoms with E-state index in [0.29, 0.717) is 16.5 Å². The van der Waals surface area contributed by atoms with Crippen LogP contribution < -0.4 is 21.5 Å². The molecule has 0 saturated heterocycles. The summed E-state index contributed by atoms with van der Waals surface area (Å²) in [6, 6.07) is 21.9. The van der Waals surface area contributed by atoms with Crippen LogP contribution in [0.5, 0.6) is 0 Å². The molecule has 13 heteroatoms. The number of rotatable bonds is 10. The highest BCUT2D eigenvalue weighted by atomic mass is 35.5. The van der Waals surface area contributed by atoms with Crippen LogP contribution in [-0.4, -0.2) is 38.9 Å². The number of carbonyl (C=O) groups excluding carboxylic acids is 3. The summed E-state index contributed by atoms with van der Waals surface area (Å²) >= 11 is 12.8.